The van der Waals surface area contributed by atoms with Crippen LogP contribution in [0.15, 0.2) is 12.2 Å². The zero-order valence-electron chi connectivity index (χ0n) is 5.72. The van der Waals surface area contributed by atoms with Crippen molar-refractivity contribution in [1.29, 1.82) is 0 Å². The molecule has 0 unspecified atom stereocenters. The minimum atomic E-state index is 0.917. The van der Waals surface area contributed by atoms with E-state index in [2.05, 4.69) is 26.0 Å². The van der Waals surface area contributed by atoms with E-state index in [1.54, 1.807) is 0 Å². The molecule has 0 nitrogen and oxygen atoms in total. The van der Waals surface area contributed by atoms with Gasteiger partial charge < -0.3 is 0 Å². The molecule has 0 aliphatic heterocycles. The molecule has 1 aliphatic rings. The molecule has 0 aromatic heterocycles. The molecule has 46 valence electrons. The molecule has 0 aromatic carbocycles. The first-order chi connectivity index (χ1) is 3.84. The van der Waals surface area contributed by atoms with Crippen LogP contribution in [0.25, 0.3) is 0 Å². The molecule has 0 aromatic rings. The summed E-state index contributed by atoms with van der Waals surface area (Å²) in [6, 6.07) is 0. The van der Waals surface area contributed by atoms with Crippen LogP contribution < -0.4 is 0 Å². The van der Waals surface area contributed by atoms with Crippen molar-refractivity contribution in [3.05, 3.63) is 12.2 Å². The van der Waals surface area contributed by atoms with Crippen LogP contribution in [0.1, 0.15) is 26.7 Å². The minimum absolute atomic E-state index is 0.917. The lowest BCUT2D eigenvalue weighted by molar-refractivity contribution is 0.251. The summed E-state index contributed by atoms with van der Waals surface area (Å²) >= 11 is 0. The summed E-state index contributed by atoms with van der Waals surface area (Å²) in [4.78, 5) is 0. The van der Waals surface area contributed by atoms with Gasteiger partial charge in [-0.1, -0.05) is 19.1 Å². The molecule has 0 spiro atoms. The molecule has 0 saturated heterocycles. The van der Waals surface area contributed by atoms with Crippen LogP contribution in [0.5, 0.6) is 0 Å². The molecule has 8 heavy (non-hydrogen) atoms. The maximum absolute atomic E-state index is 2.33. The maximum Gasteiger partial charge on any atom is -0.0208 e. The Kier molecular flexibility index (Phi) is 1.72. The van der Waals surface area contributed by atoms with E-state index in [4.69, 9.17) is 0 Å². The predicted octanol–water partition coefficient (Wildman–Crippen LogP) is 2.61. The molecular formula is C8H14. The maximum atomic E-state index is 2.33. The summed E-state index contributed by atoms with van der Waals surface area (Å²) in [6.45, 7) is 4.43. The molecule has 0 heteroatoms. The molecule has 1 saturated carbocycles. The second kappa shape index (κ2) is 2.34. The van der Waals surface area contributed by atoms with Gasteiger partial charge in [-0.25, -0.2) is 0 Å². The van der Waals surface area contributed by atoms with E-state index in [0.717, 1.165) is 11.8 Å². The molecule has 0 radical (unpaired) electrons. The molecule has 0 amide bonds. The SMILES string of the molecule is CC=C[C@@H]1CC[C@@H]1C. The van der Waals surface area contributed by atoms with Crippen LogP contribution in [-0.2, 0) is 0 Å². The van der Waals surface area contributed by atoms with E-state index >= 15 is 0 Å². The highest BCUT2D eigenvalue weighted by molar-refractivity contribution is 4.93. The lowest BCUT2D eigenvalue weighted by atomic mass is 9.75. The van der Waals surface area contributed by atoms with E-state index in [1.165, 1.54) is 12.8 Å². The zero-order chi connectivity index (χ0) is 5.98. The molecule has 1 fully saturated rings. The highest BCUT2D eigenvalue weighted by Gasteiger charge is 2.23. The summed E-state index contributed by atoms with van der Waals surface area (Å²) in [5.41, 5.74) is 0. The van der Waals surface area contributed by atoms with Gasteiger partial charge in [-0.3, -0.25) is 0 Å². The second-order valence-corrected chi connectivity index (χ2v) is 2.74. The largest absolute Gasteiger partial charge is 0.0914 e. The highest BCUT2D eigenvalue weighted by atomic mass is 14.3. The first-order valence-corrected chi connectivity index (χ1v) is 3.47. The Morgan fingerprint density at radius 1 is 1.38 bits per heavy atom. The van der Waals surface area contributed by atoms with Crippen molar-refractivity contribution >= 4 is 0 Å². The Morgan fingerprint density at radius 2 is 2.12 bits per heavy atom. The third-order valence-corrected chi connectivity index (χ3v) is 2.13. The Labute approximate surface area is 51.6 Å². The Morgan fingerprint density at radius 3 is 2.25 bits per heavy atom. The van der Waals surface area contributed by atoms with Crippen molar-refractivity contribution in [2.24, 2.45) is 11.8 Å². The number of rotatable bonds is 1. The molecule has 0 heterocycles. The highest BCUT2D eigenvalue weighted by Crippen LogP contribution is 2.34. The second-order valence-electron chi connectivity index (χ2n) is 2.74. The number of allylic oxidation sites excluding steroid dienone is 2. The van der Waals surface area contributed by atoms with Gasteiger partial charge in [0.15, 0.2) is 0 Å². The van der Waals surface area contributed by atoms with Crippen LogP contribution in [0.4, 0.5) is 0 Å². The molecular weight excluding hydrogens is 96.1 g/mol. The van der Waals surface area contributed by atoms with E-state index in [1.807, 2.05) is 0 Å². The quantitative estimate of drug-likeness (QED) is 0.455. The van der Waals surface area contributed by atoms with Crippen LogP contribution >= 0.6 is 0 Å². The van der Waals surface area contributed by atoms with Crippen LogP contribution in [0.3, 0.4) is 0 Å². The van der Waals surface area contributed by atoms with Crippen molar-refractivity contribution in [2.75, 3.05) is 0 Å². The van der Waals surface area contributed by atoms with Gasteiger partial charge in [-0.05, 0) is 31.6 Å². The molecule has 1 rings (SSSR count). The first-order valence-electron chi connectivity index (χ1n) is 3.47. The van der Waals surface area contributed by atoms with Crippen molar-refractivity contribution < 1.29 is 0 Å². The van der Waals surface area contributed by atoms with Gasteiger partial charge in [0.05, 0.1) is 0 Å². The van der Waals surface area contributed by atoms with Crippen molar-refractivity contribution in [3.63, 3.8) is 0 Å². The summed E-state index contributed by atoms with van der Waals surface area (Å²) in [5.74, 6) is 1.88. The number of hydrogen-bond acceptors (Lipinski definition) is 0. The molecule has 0 bridgehead atoms. The minimum Gasteiger partial charge on any atom is -0.0914 e. The Bertz CT molecular complexity index is 92.2. The van der Waals surface area contributed by atoms with E-state index < -0.39 is 0 Å². The van der Waals surface area contributed by atoms with Gasteiger partial charge in [0.1, 0.15) is 0 Å². The van der Waals surface area contributed by atoms with Crippen LogP contribution in [0, 0.1) is 11.8 Å². The summed E-state index contributed by atoms with van der Waals surface area (Å²) < 4.78 is 0. The third-order valence-electron chi connectivity index (χ3n) is 2.13. The monoisotopic (exact) mass is 110 g/mol. The first kappa shape index (κ1) is 5.87. The average Bonchev–Trinajstić information content (AvgIpc) is 1.79. The van der Waals surface area contributed by atoms with Gasteiger partial charge in [-0.15, -0.1) is 0 Å². The third kappa shape index (κ3) is 0.936. The van der Waals surface area contributed by atoms with Crippen molar-refractivity contribution in [2.45, 2.75) is 26.7 Å². The Hall–Kier alpha value is -0.260. The van der Waals surface area contributed by atoms with Gasteiger partial charge in [0, 0.05) is 0 Å². The summed E-state index contributed by atoms with van der Waals surface area (Å²) in [5, 5.41) is 0. The van der Waals surface area contributed by atoms with E-state index in [-0.39, 0.29) is 0 Å². The molecule has 1 aliphatic carbocycles. The van der Waals surface area contributed by atoms with E-state index in [9.17, 15) is 0 Å². The van der Waals surface area contributed by atoms with Gasteiger partial charge in [-0.2, -0.15) is 0 Å². The summed E-state index contributed by atoms with van der Waals surface area (Å²) in [6.07, 6.45) is 7.36. The van der Waals surface area contributed by atoms with Crippen LogP contribution in [0.2, 0.25) is 0 Å². The lowest BCUT2D eigenvalue weighted by Crippen LogP contribution is -2.20. The summed E-state index contributed by atoms with van der Waals surface area (Å²) in [7, 11) is 0. The fraction of sp³-hybridized carbons (Fsp3) is 0.750. The van der Waals surface area contributed by atoms with Crippen LogP contribution in [-0.4, -0.2) is 0 Å². The fourth-order valence-electron chi connectivity index (χ4n) is 1.23. The van der Waals surface area contributed by atoms with Gasteiger partial charge >= 0.3 is 0 Å². The predicted molar refractivity (Wildman–Crippen MR) is 36.7 cm³/mol. The smallest absolute Gasteiger partial charge is 0.0208 e. The van der Waals surface area contributed by atoms with Gasteiger partial charge in [0.2, 0.25) is 0 Å². The molecule has 2 atom stereocenters. The normalized spacial score (nSPS) is 37.8. The lowest BCUT2D eigenvalue weighted by Gasteiger charge is -2.30. The topological polar surface area (TPSA) is 0 Å². The van der Waals surface area contributed by atoms with Gasteiger partial charge in [0.25, 0.3) is 0 Å². The van der Waals surface area contributed by atoms with Crippen molar-refractivity contribution in [3.8, 4) is 0 Å². The number of hydrogen-bond donors (Lipinski definition) is 0. The molecule has 0 N–H and O–H groups in total. The fourth-order valence-corrected chi connectivity index (χ4v) is 1.23. The average molecular weight is 110 g/mol. The zero-order valence-corrected chi connectivity index (χ0v) is 5.72. The van der Waals surface area contributed by atoms with Crippen molar-refractivity contribution in [1.82, 2.24) is 0 Å². The Balaban J connectivity index is 2.27. The van der Waals surface area contributed by atoms with E-state index in [0.29, 0.717) is 0 Å². The standard InChI is InChI=1S/C8H14/c1-3-4-8-6-5-7(8)2/h3-4,7-8H,5-6H2,1-2H3/t7-,8+/m0/s1.